The fourth-order valence-electron chi connectivity index (χ4n) is 5.48. The number of aromatic nitrogens is 6. The number of hydrogen-bond donors (Lipinski definition) is 8. The molecular weight excluding hydrogens is 679 g/mol. The summed E-state index contributed by atoms with van der Waals surface area (Å²) in [5.74, 6) is -2.64. The minimum absolute atomic E-state index is 0.0510. The van der Waals surface area contributed by atoms with Crippen LogP contribution in [0.3, 0.4) is 0 Å². The summed E-state index contributed by atoms with van der Waals surface area (Å²) in [6.07, 6.45) is -14.4. The standard InChI is InChI=1S/C25H38Cl2N6O14/c1-42-9-33-3-10(28-31-33)2-12-16(35)19(38)21(40)23(44-12)43-7-11-4-32(30-29-11)5-13-17(36)22(41)25(8-26,46-13)47-24-20(39)18(37)15(27)14(6-34)45-24/h3-4,12-24,34-41H,2,5-9H2,1H3/t12-,13-,14-,15+,16+,17-,18+,19+,20-,21+,22+,23-,24-,25+/m1/s1. The van der Waals surface area contributed by atoms with Gasteiger partial charge < -0.3 is 69.3 Å². The van der Waals surface area contributed by atoms with Crippen LogP contribution in [0.4, 0.5) is 0 Å². The van der Waals surface area contributed by atoms with E-state index in [0.717, 1.165) is 0 Å². The van der Waals surface area contributed by atoms with Crippen LogP contribution in [0, 0.1) is 0 Å². The summed E-state index contributed by atoms with van der Waals surface area (Å²) >= 11 is 12.1. The molecule has 3 aliphatic rings. The molecule has 0 saturated carbocycles. The molecule has 0 aromatic carbocycles. The van der Waals surface area contributed by atoms with Crippen LogP contribution >= 0.6 is 23.2 Å². The van der Waals surface area contributed by atoms with Gasteiger partial charge in [-0.05, 0) is 0 Å². The van der Waals surface area contributed by atoms with Gasteiger partial charge in [-0.25, -0.2) is 9.36 Å². The van der Waals surface area contributed by atoms with E-state index in [0.29, 0.717) is 5.69 Å². The molecule has 5 heterocycles. The van der Waals surface area contributed by atoms with Gasteiger partial charge in [-0.2, -0.15) is 0 Å². The highest BCUT2D eigenvalue weighted by Gasteiger charge is 2.58. The van der Waals surface area contributed by atoms with Gasteiger partial charge in [0.05, 0.1) is 55.2 Å². The molecule has 47 heavy (non-hydrogen) atoms. The van der Waals surface area contributed by atoms with Crippen LogP contribution in [-0.4, -0.2) is 175 Å². The maximum Gasteiger partial charge on any atom is 0.214 e. The van der Waals surface area contributed by atoms with Crippen molar-refractivity contribution in [2.45, 2.75) is 111 Å². The Kier molecular flexibility index (Phi) is 12.0. The van der Waals surface area contributed by atoms with E-state index in [4.69, 9.17) is 51.6 Å². The van der Waals surface area contributed by atoms with E-state index in [1.807, 2.05) is 0 Å². The van der Waals surface area contributed by atoms with Crippen LogP contribution in [0.2, 0.25) is 0 Å². The van der Waals surface area contributed by atoms with Crippen LogP contribution in [0.15, 0.2) is 12.4 Å². The molecule has 0 spiro atoms. The van der Waals surface area contributed by atoms with Gasteiger partial charge in [0.15, 0.2) is 12.6 Å². The zero-order valence-corrected chi connectivity index (χ0v) is 26.4. The van der Waals surface area contributed by atoms with Crippen molar-refractivity contribution in [3.8, 4) is 0 Å². The molecule has 8 N–H and O–H groups in total. The highest BCUT2D eigenvalue weighted by atomic mass is 35.5. The van der Waals surface area contributed by atoms with Crippen molar-refractivity contribution in [3.63, 3.8) is 0 Å². The molecule has 3 saturated heterocycles. The van der Waals surface area contributed by atoms with Gasteiger partial charge in [0.2, 0.25) is 5.79 Å². The largest absolute Gasteiger partial charge is 0.394 e. The summed E-state index contributed by atoms with van der Waals surface area (Å²) in [6.45, 7) is -0.868. The fraction of sp³-hybridized carbons (Fsp3) is 0.840. The Morgan fingerprint density at radius 1 is 0.830 bits per heavy atom. The highest BCUT2D eigenvalue weighted by molar-refractivity contribution is 6.21. The fourth-order valence-corrected chi connectivity index (χ4v) is 6.05. The van der Waals surface area contributed by atoms with Crippen molar-refractivity contribution in [3.05, 3.63) is 23.8 Å². The zero-order chi connectivity index (χ0) is 34.0. The number of nitrogens with zero attached hydrogens (tertiary/aromatic N) is 6. The third-order valence-corrected chi connectivity index (χ3v) is 8.99. The smallest absolute Gasteiger partial charge is 0.214 e. The molecule has 5 rings (SSSR count). The third-order valence-electron chi connectivity index (χ3n) is 8.08. The molecule has 266 valence electrons. The quantitative estimate of drug-likeness (QED) is 0.0902. The van der Waals surface area contributed by atoms with Gasteiger partial charge >= 0.3 is 0 Å². The molecule has 3 aliphatic heterocycles. The van der Waals surface area contributed by atoms with Crippen LogP contribution in [0.5, 0.6) is 0 Å². The lowest BCUT2D eigenvalue weighted by Crippen LogP contribution is -2.61. The Labute approximate surface area is 276 Å². The predicted molar refractivity (Wildman–Crippen MR) is 151 cm³/mol. The Bertz CT molecular complexity index is 1300. The number of aliphatic hydroxyl groups excluding tert-OH is 8. The van der Waals surface area contributed by atoms with E-state index in [-0.39, 0.29) is 32.0 Å². The summed E-state index contributed by atoms with van der Waals surface area (Å²) < 4.78 is 36.0. The first-order valence-corrected chi connectivity index (χ1v) is 15.5. The summed E-state index contributed by atoms with van der Waals surface area (Å²) in [5.41, 5.74) is 0.687. The van der Waals surface area contributed by atoms with Crippen molar-refractivity contribution in [2.24, 2.45) is 0 Å². The second kappa shape index (κ2) is 15.5. The minimum atomic E-state index is -2.10. The molecule has 0 bridgehead atoms. The third kappa shape index (κ3) is 7.72. The zero-order valence-electron chi connectivity index (χ0n) is 24.9. The van der Waals surface area contributed by atoms with E-state index in [2.05, 4.69) is 20.6 Å². The van der Waals surface area contributed by atoms with Crippen LogP contribution in [0.25, 0.3) is 0 Å². The summed E-state index contributed by atoms with van der Waals surface area (Å²) in [6, 6.07) is 0. The Hall–Kier alpha value is -1.70. The van der Waals surface area contributed by atoms with Crippen LogP contribution in [-0.2, 0) is 54.7 Å². The first-order valence-electron chi connectivity index (χ1n) is 14.5. The summed E-state index contributed by atoms with van der Waals surface area (Å²) in [7, 11) is 1.49. The van der Waals surface area contributed by atoms with Crippen molar-refractivity contribution < 1.29 is 69.3 Å². The lowest BCUT2D eigenvalue weighted by molar-refractivity contribution is -0.358. The van der Waals surface area contributed by atoms with Crippen LogP contribution < -0.4 is 0 Å². The Morgan fingerprint density at radius 2 is 1.49 bits per heavy atom. The highest BCUT2D eigenvalue weighted by Crippen LogP contribution is 2.38. The Morgan fingerprint density at radius 3 is 2.19 bits per heavy atom. The molecule has 2 aromatic rings. The molecule has 2 aromatic heterocycles. The second-order valence-electron chi connectivity index (χ2n) is 11.4. The number of rotatable bonds is 13. The lowest BCUT2D eigenvalue weighted by atomic mass is 9.96. The average molecular weight is 718 g/mol. The van der Waals surface area contributed by atoms with E-state index < -0.39 is 97.3 Å². The van der Waals surface area contributed by atoms with Crippen molar-refractivity contribution >= 4 is 23.2 Å². The molecule has 20 nitrogen and oxygen atoms in total. The first kappa shape index (κ1) is 36.6. The molecule has 3 fully saturated rings. The Balaban J connectivity index is 1.18. The number of alkyl halides is 2. The summed E-state index contributed by atoms with van der Waals surface area (Å²) in [5, 5.41) is 97.8. The normalized spacial score (nSPS) is 41.0. The van der Waals surface area contributed by atoms with Gasteiger partial charge in [0.25, 0.3) is 0 Å². The predicted octanol–water partition coefficient (Wildman–Crippen LogP) is -4.84. The van der Waals surface area contributed by atoms with Gasteiger partial charge in [-0.3, -0.25) is 0 Å². The van der Waals surface area contributed by atoms with E-state index in [1.54, 1.807) is 6.20 Å². The SMILES string of the molecule is COCn1cc(C[C@H]2O[C@@H](OCc3cn(C[C@H]4O[C@@](CCl)(O[C@H]5O[C@H](CO)[C@H](Cl)[C@H](O)[C@H]5O)[C@@H](O)[C@@H]4O)nn3)[C@@H](O)[C@@H](O)[C@H]2O)nn1. The lowest BCUT2D eigenvalue weighted by Gasteiger charge is -2.43. The molecule has 0 amide bonds. The van der Waals surface area contributed by atoms with Gasteiger partial charge in [-0.1, -0.05) is 10.4 Å². The molecular formula is C25H38Cl2N6O14. The van der Waals surface area contributed by atoms with Crippen molar-refractivity contribution in [2.75, 3.05) is 19.6 Å². The number of halogens is 2. The van der Waals surface area contributed by atoms with Gasteiger partial charge in [0, 0.05) is 13.5 Å². The molecule has 0 radical (unpaired) electrons. The topological polar surface area (TPSA) is 279 Å². The monoisotopic (exact) mass is 716 g/mol. The second-order valence-corrected chi connectivity index (χ2v) is 12.2. The number of hydrogen-bond acceptors (Lipinski definition) is 18. The van der Waals surface area contributed by atoms with Crippen molar-refractivity contribution in [1.29, 1.82) is 0 Å². The average Bonchev–Trinajstić information content (AvgIpc) is 3.77. The first-order chi connectivity index (χ1) is 22.4. The van der Waals surface area contributed by atoms with Crippen molar-refractivity contribution in [1.82, 2.24) is 30.0 Å². The molecule has 0 unspecified atom stereocenters. The van der Waals surface area contributed by atoms with Gasteiger partial charge in [-0.15, -0.1) is 33.4 Å². The number of ether oxygens (including phenoxy) is 6. The maximum absolute atomic E-state index is 10.8. The van der Waals surface area contributed by atoms with E-state index in [9.17, 15) is 40.9 Å². The minimum Gasteiger partial charge on any atom is -0.394 e. The van der Waals surface area contributed by atoms with Gasteiger partial charge in [0.1, 0.15) is 67.4 Å². The molecule has 22 heteroatoms. The number of aliphatic hydroxyl groups is 8. The summed E-state index contributed by atoms with van der Waals surface area (Å²) in [4.78, 5) is 0. The van der Waals surface area contributed by atoms with E-state index in [1.165, 1.54) is 22.7 Å². The molecule has 14 atom stereocenters. The van der Waals surface area contributed by atoms with E-state index >= 15 is 0 Å². The molecule has 0 aliphatic carbocycles. The van der Waals surface area contributed by atoms with Crippen LogP contribution in [0.1, 0.15) is 11.4 Å². The number of methoxy groups -OCH3 is 1. The maximum atomic E-state index is 10.8.